The molecular weight excluding hydrogens is 661 g/mol. The van der Waals surface area contributed by atoms with Crippen LogP contribution >= 0.6 is 0 Å². The molecule has 50 heavy (non-hydrogen) atoms. The molecule has 0 radical (unpaired) electrons. The third-order valence-corrected chi connectivity index (χ3v) is 9.23. The standard InChI is InChI=1S/C37H34F5N3O5/c1-20-6-3-8-30-33(20)23-14-21(2)34(39)26(15-23)29(18-32(47)48)43-36(49)35(25-16-24(50-30)9-10-28(25)38)45-19-22(7-4-11-44-12-5-13-44)27(17-31(45)46)37(40,41)42/h3,6,8-10,14-17,19,29,35H,4-5,7,11-13,18H2,1-2H3,(H,43,49)(H,47,48)/t29-,35-/m0/s1. The van der Waals surface area contributed by atoms with Crippen molar-refractivity contribution in [2.75, 3.05) is 19.6 Å². The average Bonchev–Trinajstić information content (AvgIpc) is 3.01. The Labute approximate surface area is 284 Å². The summed E-state index contributed by atoms with van der Waals surface area (Å²) in [5, 5.41) is 12.3. The molecule has 3 aromatic carbocycles. The summed E-state index contributed by atoms with van der Waals surface area (Å²) in [4.78, 5) is 42.0. The highest BCUT2D eigenvalue weighted by Gasteiger charge is 2.37. The summed E-state index contributed by atoms with van der Waals surface area (Å²) in [7, 11) is 0. The molecule has 0 saturated carbocycles. The zero-order valence-corrected chi connectivity index (χ0v) is 27.2. The largest absolute Gasteiger partial charge is 0.481 e. The minimum atomic E-state index is -4.89. The second-order valence-corrected chi connectivity index (χ2v) is 12.7. The van der Waals surface area contributed by atoms with Crippen LogP contribution in [0.25, 0.3) is 11.1 Å². The van der Waals surface area contributed by atoms with Crippen molar-refractivity contribution < 1.29 is 41.4 Å². The average molecular weight is 696 g/mol. The Balaban J connectivity index is 1.57. The van der Waals surface area contributed by atoms with E-state index in [4.69, 9.17) is 4.74 Å². The Hall–Kier alpha value is -5.04. The number of carbonyl (C=O) groups excluding carboxylic acids is 1. The van der Waals surface area contributed by atoms with Crippen molar-refractivity contribution >= 4 is 11.9 Å². The molecule has 1 saturated heterocycles. The van der Waals surface area contributed by atoms with Crippen molar-refractivity contribution in [1.29, 1.82) is 0 Å². The summed E-state index contributed by atoms with van der Waals surface area (Å²) in [6.45, 7) is 5.45. The zero-order valence-electron chi connectivity index (χ0n) is 27.2. The third kappa shape index (κ3) is 7.00. The first kappa shape index (κ1) is 34.8. The third-order valence-electron chi connectivity index (χ3n) is 9.23. The van der Waals surface area contributed by atoms with Gasteiger partial charge >= 0.3 is 12.1 Å². The Morgan fingerprint density at radius 3 is 2.44 bits per heavy atom. The summed E-state index contributed by atoms with van der Waals surface area (Å²) in [5.41, 5.74) is -1.49. The van der Waals surface area contributed by atoms with E-state index in [1.807, 2.05) is 0 Å². The van der Waals surface area contributed by atoms with Crippen molar-refractivity contribution in [1.82, 2.24) is 14.8 Å². The number of aromatic nitrogens is 1. The number of aryl methyl sites for hydroxylation is 3. The smallest absolute Gasteiger partial charge is 0.416 e. The highest BCUT2D eigenvalue weighted by atomic mass is 19.4. The molecule has 2 N–H and O–H groups in total. The number of fused-ring (bicyclic) bond motifs is 6. The minimum Gasteiger partial charge on any atom is -0.481 e. The Kier molecular flexibility index (Phi) is 9.54. The molecule has 2 atom stereocenters. The molecule has 13 heteroatoms. The number of amides is 1. The number of nitrogens with zero attached hydrogens (tertiary/aromatic N) is 2. The zero-order chi connectivity index (χ0) is 35.9. The molecular formula is C37H34F5N3O5. The number of carboxylic acid groups (broad SMARTS) is 1. The van der Waals surface area contributed by atoms with Gasteiger partial charge in [-0.15, -0.1) is 0 Å². The number of benzene rings is 3. The number of pyridine rings is 1. The van der Waals surface area contributed by atoms with Crippen LogP contribution in [-0.4, -0.2) is 46.1 Å². The van der Waals surface area contributed by atoms with Gasteiger partial charge in [0.2, 0.25) is 5.91 Å². The van der Waals surface area contributed by atoms with E-state index in [9.17, 15) is 32.7 Å². The molecule has 1 amide bonds. The highest BCUT2D eigenvalue weighted by Crippen LogP contribution is 2.40. The fourth-order valence-electron chi connectivity index (χ4n) is 6.65. The molecule has 6 rings (SSSR count). The fraction of sp³-hybridized carbons (Fsp3) is 0.324. The lowest BCUT2D eigenvalue weighted by Crippen LogP contribution is -2.41. The van der Waals surface area contributed by atoms with Crippen LogP contribution in [0.4, 0.5) is 22.0 Å². The minimum absolute atomic E-state index is 0.0428. The number of ether oxygens (including phenoxy) is 1. The van der Waals surface area contributed by atoms with E-state index >= 15 is 8.78 Å². The van der Waals surface area contributed by atoms with E-state index in [2.05, 4.69) is 10.2 Å². The predicted molar refractivity (Wildman–Crippen MR) is 174 cm³/mol. The number of aliphatic carboxylic acids is 1. The molecule has 2 aliphatic rings. The number of rotatable bonds is 7. The maximum Gasteiger partial charge on any atom is 0.416 e. The molecule has 4 aromatic rings. The molecule has 0 unspecified atom stereocenters. The number of nitrogens with one attached hydrogen (secondary N) is 1. The van der Waals surface area contributed by atoms with Gasteiger partial charge in [0.25, 0.3) is 5.56 Å². The molecule has 3 heterocycles. The van der Waals surface area contributed by atoms with Gasteiger partial charge in [0, 0.05) is 29.0 Å². The SMILES string of the molecule is Cc1cc2cc(c1F)[C@H](CC(=O)O)NC(=O)[C@@H](n1cc(CCCN3CCC3)c(C(F)(F)F)cc1=O)c1cc(ccc1F)Oc1cccc(C)c1-2. The van der Waals surface area contributed by atoms with Gasteiger partial charge in [-0.25, -0.2) is 8.78 Å². The summed E-state index contributed by atoms with van der Waals surface area (Å²) in [6, 6.07) is 8.47. The summed E-state index contributed by atoms with van der Waals surface area (Å²) < 4.78 is 81.3. The van der Waals surface area contributed by atoms with Crippen LogP contribution in [0.2, 0.25) is 0 Å². The van der Waals surface area contributed by atoms with E-state index in [0.29, 0.717) is 40.3 Å². The number of carboxylic acids is 1. The van der Waals surface area contributed by atoms with Crippen LogP contribution < -0.4 is 15.6 Å². The van der Waals surface area contributed by atoms with E-state index in [0.717, 1.165) is 31.8 Å². The normalized spacial score (nSPS) is 17.7. The van der Waals surface area contributed by atoms with Crippen molar-refractivity contribution in [3.05, 3.63) is 116 Å². The van der Waals surface area contributed by atoms with Crippen molar-refractivity contribution in [3.63, 3.8) is 0 Å². The van der Waals surface area contributed by atoms with Gasteiger partial charge in [-0.3, -0.25) is 19.0 Å². The molecule has 2 aliphatic heterocycles. The van der Waals surface area contributed by atoms with E-state index in [-0.39, 0.29) is 34.6 Å². The molecule has 262 valence electrons. The highest BCUT2D eigenvalue weighted by molar-refractivity contribution is 5.85. The lowest BCUT2D eigenvalue weighted by atomic mass is 9.92. The molecule has 1 aromatic heterocycles. The van der Waals surface area contributed by atoms with Gasteiger partial charge in [-0.1, -0.05) is 12.1 Å². The Morgan fingerprint density at radius 1 is 1.00 bits per heavy atom. The number of halogens is 5. The fourth-order valence-corrected chi connectivity index (χ4v) is 6.65. The Morgan fingerprint density at radius 2 is 1.76 bits per heavy atom. The van der Waals surface area contributed by atoms with Crippen molar-refractivity contribution in [3.8, 4) is 22.6 Å². The van der Waals surface area contributed by atoms with Crippen LogP contribution in [0.15, 0.2) is 65.6 Å². The maximum absolute atomic E-state index is 15.9. The number of hydrogen-bond acceptors (Lipinski definition) is 5. The van der Waals surface area contributed by atoms with Gasteiger partial charge in [-0.2, -0.15) is 13.2 Å². The van der Waals surface area contributed by atoms with Crippen molar-refractivity contribution in [2.24, 2.45) is 0 Å². The monoisotopic (exact) mass is 695 g/mol. The first-order chi connectivity index (χ1) is 23.7. The number of alkyl halides is 3. The van der Waals surface area contributed by atoms with Crippen LogP contribution in [0.3, 0.4) is 0 Å². The van der Waals surface area contributed by atoms with E-state index in [1.54, 1.807) is 31.2 Å². The van der Waals surface area contributed by atoms with Gasteiger partial charge in [-0.05, 0) is 111 Å². The van der Waals surface area contributed by atoms with E-state index in [1.165, 1.54) is 25.1 Å². The lowest BCUT2D eigenvalue weighted by molar-refractivity contribution is -0.139. The van der Waals surface area contributed by atoms with Gasteiger partial charge < -0.3 is 20.1 Å². The van der Waals surface area contributed by atoms with Gasteiger partial charge in [0.15, 0.2) is 0 Å². The first-order valence-electron chi connectivity index (χ1n) is 16.2. The quantitative estimate of drug-likeness (QED) is 0.200. The number of carbonyl (C=O) groups is 2. The second kappa shape index (κ2) is 13.7. The van der Waals surface area contributed by atoms with Crippen LogP contribution in [0, 0.1) is 25.5 Å². The van der Waals surface area contributed by atoms with Gasteiger partial charge in [0.1, 0.15) is 29.2 Å². The van der Waals surface area contributed by atoms with E-state index < -0.39 is 64.9 Å². The Bertz CT molecular complexity index is 2040. The molecule has 0 aliphatic carbocycles. The molecule has 1 fully saturated rings. The topological polar surface area (TPSA) is 101 Å². The lowest BCUT2D eigenvalue weighted by Gasteiger charge is -2.30. The van der Waals surface area contributed by atoms with Crippen LogP contribution in [-0.2, 0) is 22.2 Å². The molecule has 0 spiro atoms. The molecule has 8 nitrogen and oxygen atoms in total. The number of likely N-dealkylation sites (tertiary alicyclic amines) is 1. The summed E-state index contributed by atoms with van der Waals surface area (Å²) in [6.07, 6.45) is -3.57. The summed E-state index contributed by atoms with van der Waals surface area (Å²) >= 11 is 0. The van der Waals surface area contributed by atoms with Crippen molar-refractivity contribution in [2.45, 2.75) is 57.8 Å². The summed E-state index contributed by atoms with van der Waals surface area (Å²) in [5.74, 6) is -4.01. The van der Waals surface area contributed by atoms with Crippen LogP contribution in [0.5, 0.6) is 11.5 Å². The van der Waals surface area contributed by atoms with Crippen LogP contribution in [0.1, 0.15) is 64.7 Å². The molecule has 4 bridgehead atoms. The second-order valence-electron chi connectivity index (χ2n) is 12.7. The number of hydrogen-bond donors (Lipinski definition) is 2. The maximum atomic E-state index is 15.9. The predicted octanol–water partition coefficient (Wildman–Crippen LogP) is 7.09. The van der Waals surface area contributed by atoms with Gasteiger partial charge in [0.05, 0.1) is 18.0 Å². The first-order valence-corrected chi connectivity index (χ1v) is 16.2.